The van der Waals surface area contributed by atoms with E-state index in [1.165, 1.54) is 4.90 Å². The first-order valence-electron chi connectivity index (χ1n) is 8.27. The molecule has 1 heterocycles. The summed E-state index contributed by atoms with van der Waals surface area (Å²) in [6.07, 6.45) is 0.456. The number of rotatable bonds is 7. The smallest absolute Gasteiger partial charge is 0.320 e. The summed E-state index contributed by atoms with van der Waals surface area (Å²) in [5.41, 5.74) is 2.14. The van der Waals surface area contributed by atoms with Crippen molar-refractivity contribution in [2.45, 2.75) is 26.3 Å². The minimum Gasteiger partial charge on any atom is -0.473 e. The van der Waals surface area contributed by atoms with Crippen molar-refractivity contribution >= 4 is 15.9 Å². The molecule has 8 heteroatoms. The van der Waals surface area contributed by atoms with Gasteiger partial charge in [0, 0.05) is 19.7 Å². The van der Waals surface area contributed by atoms with Crippen LogP contribution in [0.15, 0.2) is 18.2 Å². The molecular weight excluding hydrogens is 344 g/mol. The molecule has 1 N–H and O–H groups in total. The van der Waals surface area contributed by atoms with Gasteiger partial charge < -0.3 is 19.7 Å². The fourth-order valence-electron chi connectivity index (χ4n) is 2.82. The van der Waals surface area contributed by atoms with E-state index >= 15 is 0 Å². The molecule has 0 radical (unpaired) electrons. The van der Waals surface area contributed by atoms with E-state index in [0.717, 1.165) is 11.1 Å². The molecule has 140 valence electrons. The molecule has 0 aliphatic carbocycles. The number of methoxy groups -OCH3 is 1. The first kappa shape index (κ1) is 19.5. The Hall–Kier alpha value is -1.80. The standard InChI is InChI=1S/C17H26N2O5S/c1-13-5-4-6-16(14(13)2)24-12-18-17(20)19(8-9-23-3)15-7-10-25(21,22)11-15/h4-6,15H,7-12H2,1-3H3,(H,18,20). The number of nitrogens with zero attached hydrogens (tertiary/aromatic N) is 1. The number of nitrogens with one attached hydrogen (secondary N) is 1. The third-order valence-corrected chi connectivity index (χ3v) is 6.20. The van der Waals surface area contributed by atoms with Crippen molar-refractivity contribution in [1.82, 2.24) is 10.2 Å². The van der Waals surface area contributed by atoms with Crippen LogP contribution in [0.3, 0.4) is 0 Å². The van der Waals surface area contributed by atoms with Gasteiger partial charge >= 0.3 is 6.03 Å². The van der Waals surface area contributed by atoms with Gasteiger partial charge in [0.1, 0.15) is 5.75 Å². The van der Waals surface area contributed by atoms with Crippen LogP contribution >= 0.6 is 0 Å². The summed E-state index contributed by atoms with van der Waals surface area (Å²) in [4.78, 5) is 14.0. The van der Waals surface area contributed by atoms with Gasteiger partial charge in [-0.05, 0) is 37.5 Å². The predicted octanol–water partition coefficient (Wildman–Crippen LogP) is 1.48. The van der Waals surface area contributed by atoms with Crippen LogP contribution in [0, 0.1) is 13.8 Å². The second-order valence-corrected chi connectivity index (χ2v) is 8.44. The molecule has 0 saturated carbocycles. The van der Waals surface area contributed by atoms with Gasteiger partial charge in [0.15, 0.2) is 16.6 Å². The monoisotopic (exact) mass is 370 g/mol. The van der Waals surface area contributed by atoms with E-state index in [4.69, 9.17) is 9.47 Å². The van der Waals surface area contributed by atoms with Crippen LogP contribution in [0.25, 0.3) is 0 Å². The molecule has 1 fully saturated rings. The van der Waals surface area contributed by atoms with Gasteiger partial charge in [-0.15, -0.1) is 0 Å². The van der Waals surface area contributed by atoms with Gasteiger partial charge in [0.2, 0.25) is 0 Å². The minimum atomic E-state index is -3.07. The second-order valence-electron chi connectivity index (χ2n) is 6.21. The Morgan fingerprint density at radius 2 is 2.12 bits per heavy atom. The predicted molar refractivity (Wildman–Crippen MR) is 95.6 cm³/mol. The first-order chi connectivity index (χ1) is 11.8. The fraction of sp³-hybridized carbons (Fsp3) is 0.588. The van der Waals surface area contributed by atoms with E-state index in [2.05, 4.69) is 5.32 Å². The zero-order valence-electron chi connectivity index (χ0n) is 14.9. The van der Waals surface area contributed by atoms with E-state index in [0.29, 0.717) is 25.3 Å². The van der Waals surface area contributed by atoms with E-state index in [-0.39, 0.29) is 30.3 Å². The summed E-state index contributed by atoms with van der Waals surface area (Å²) >= 11 is 0. The summed E-state index contributed by atoms with van der Waals surface area (Å²) in [6.45, 7) is 4.66. The highest BCUT2D eigenvalue weighted by molar-refractivity contribution is 7.91. The summed E-state index contributed by atoms with van der Waals surface area (Å²) in [6, 6.07) is 5.08. The quantitative estimate of drug-likeness (QED) is 0.735. The Labute approximate surface area is 149 Å². The van der Waals surface area contributed by atoms with Gasteiger partial charge in [0.05, 0.1) is 18.1 Å². The van der Waals surface area contributed by atoms with Crippen molar-refractivity contribution in [3.8, 4) is 5.75 Å². The number of aryl methyl sites for hydroxylation is 1. The number of hydrogen-bond donors (Lipinski definition) is 1. The Bertz CT molecular complexity index is 705. The molecule has 1 aromatic carbocycles. The molecule has 1 aromatic rings. The summed E-state index contributed by atoms with van der Waals surface area (Å²) < 4.78 is 34.1. The van der Waals surface area contributed by atoms with E-state index < -0.39 is 9.84 Å². The highest BCUT2D eigenvalue weighted by atomic mass is 32.2. The van der Waals surface area contributed by atoms with Gasteiger partial charge in [-0.1, -0.05) is 12.1 Å². The molecule has 1 saturated heterocycles. The van der Waals surface area contributed by atoms with Crippen molar-refractivity contribution in [2.75, 3.05) is 38.5 Å². The molecule has 0 spiro atoms. The maximum Gasteiger partial charge on any atom is 0.320 e. The number of amides is 2. The lowest BCUT2D eigenvalue weighted by Gasteiger charge is -2.28. The second kappa shape index (κ2) is 8.53. The van der Waals surface area contributed by atoms with Crippen LogP contribution in [0.4, 0.5) is 4.79 Å². The molecule has 0 aromatic heterocycles. The number of sulfone groups is 1. The zero-order chi connectivity index (χ0) is 18.4. The lowest BCUT2D eigenvalue weighted by Crippen LogP contribution is -2.49. The van der Waals surface area contributed by atoms with Crippen LogP contribution in [-0.4, -0.2) is 63.9 Å². The van der Waals surface area contributed by atoms with E-state index in [1.54, 1.807) is 7.11 Å². The Morgan fingerprint density at radius 3 is 2.76 bits per heavy atom. The molecule has 1 aliphatic rings. The van der Waals surface area contributed by atoms with Crippen LogP contribution in [0.2, 0.25) is 0 Å². The van der Waals surface area contributed by atoms with Crippen LogP contribution in [0.1, 0.15) is 17.5 Å². The van der Waals surface area contributed by atoms with Crippen molar-refractivity contribution in [1.29, 1.82) is 0 Å². The number of urea groups is 1. The maximum atomic E-state index is 12.5. The number of hydrogen-bond acceptors (Lipinski definition) is 5. The van der Waals surface area contributed by atoms with E-state index in [9.17, 15) is 13.2 Å². The topological polar surface area (TPSA) is 84.9 Å². The number of carbonyl (C=O) groups is 1. The Kier molecular flexibility index (Phi) is 6.66. The highest BCUT2D eigenvalue weighted by Crippen LogP contribution is 2.20. The zero-order valence-corrected chi connectivity index (χ0v) is 15.8. The number of benzene rings is 1. The molecule has 2 amide bonds. The molecule has 1 unspecified atom stereocenters. The molecular formula is C17H26N2O5S. The number of carbonyl (C=O) groups excluding carboxylic acids is 1. The van der Waals surface area contributed by atoms with Crippen molar-refractivity contribution < 1.29 is 22.7 Å². The minimum absolute atomic E-state index is 0.00196. The summed E-state index contributed by atoms with van der Waals surface area (Å²) in [7, 11) is -1.52. The molecule has 0 bridgehead atoms. The lowest BCUT2D eigenvalue weighted by molar-refractivity contribution is 0.129. The maximum absolute atomic E-state index is 12.5. The van der Waals surface area contributed by atoms with Crippen molar-refractivity contribution in [3.05, 3.63) is 29.3 Å². The number of ether oxygens (including phenoxy) is 2. The van der Waals surface area contributed by atoms with Crippen molar-refractivity contribution in [2.24, 2.45) is 0 Å². The largest absolute Gasteiger partial charge is 0.473 e. The van der Waals surface area contributed by atoms with Crippen LogP contribution in [0.5, 0.6) is 5.75 Å². The third kappa shape index (κ3) is 5.34. The van der Waals surface area contributed by atoms with E-state index in [1.807, 2.05) is 32.0 Å². The fourth-order valence-corrected chi connectivity index (χ4v) is 4.55. The summed E-state index contributed by atoms with van der Waals surface area (Å²) in [5, 5.41) is 2.71. The lowest BCUT2D eigenvalue weighted by atomic mass is 10.1. The highest BCUT2D eigenvalue weighted by Gasteiger charge is 2.34. The van der Waals surface area contributed by atoms with Crippen LogP contribution in [-0.2, 0) is 14.6 Å². The molecule has 2 rings (SSSR count). The van der Waals surface area contributed by atoms with Gasteiger partial charge in [-0.2, -0.15) is 0 Å². The molecule has 7 nitrogen and oxygen atoms in total. The first-order valence-corrected chi connectivity index (χ1v) is 10.1. The third-order valence-electron chi connectivity index (χ3n) is 4.45. The molecule has 25 heavy (non-hydrogen) atoms. The van der Waals surface area contributed by atoms with Gasteiger partial charge in [0.25, 0.3) is 0 Å². The van der Waals surface area contributed by atoms with Gasteiger partial charge in [-0.3, -0.25) is 0 Å². The average molecular weight is 370 g/mol. The van der Waals surface area contributed by atoms with Crippen molar-refractivity contribution in [3.63, 3.8) is 0 Å². The molecule has 1 aliphatic heterocycles. The molecule has 1 atom stereocenters. The Balaban J connectivity index is 1.94. The normalized spacial score (nSPS) is 18.8. The van der Waals surface area contributed by atoms with Crippen LogP contribution < -0.4 is 10.1 Å². The Morgan fingerprint density at radius 1 is 1.36 bits per heavy atom. The van der Waals surface area contributed by atoms with Gasteiger partial charge in [-0.25, -0.2) is 13.2 Å². The average Bonchev–Trinajstić information content (AvgIpc) is 2.91. The SMILES string of the molecule is COCCN(C(=O)NCOc1cccc(C)c1C)C1CCS(=O)(=O)C1. The summed E-state index contributed by atoms with van der Waals surface area (Å²) in [5.74, 6) is 0.835.